The third-order valence-corrected chi connectivity index (χ3v) is 4.84. The van der Waals surface area contributed by atoms with Crippen LogP contribution >= 0.6 is 0 Å². The van der Waals surface area contributed by atoms with Crippen molar-refractivity contribution in [2.45, 2.75) is 37.9 Å². The van der Waals surface area contributed by atoms with Crippen LogP contribution in [0.15, 0.2) is 18.2 Å². The molecule has 5 nitrogen and oxygen atoms in total. The maximum atomic E-state index is 12.4. The van der Waals surface area contributed by atoms with Crippen molar-refractivity contribution in [1.82, 2.24) is 10.2 Å². The number of hydrogen-bond donors (Lipinski definition) is 2. The first-order valence-electron chi connectivity index (χ1n) is 7.53. The van der Waals surface area contributed by atoms with Crippen molar-refractivity contribution < 1.29 is 14.7 Å². The summed E-state index contributed by atoms with van der Waals surface area (Å²) in [6.07, 6.45) is 2.84. The standard InChI is InChI=1S/C16H18N2O3/c19-15-13-5-9(14-6-11(7-17-14)16(20)21)1-2-10(13)8-18(15)12-3-4-12/h1-2,5,11-12,14,17H,3-4,6-8H2,(H,20,21). The Kier molecular flexibility index (Phi) is 2.79. The van der Waals surface area contributed by atoms with E-state index in [9.17, 15) is 9.59 Å². The third kappa shape index (κ3) is 2.12. The second-order valence-electron chi connectivity index (χ2n) is 6.31. The molecule has 0 bridgehead atoms. The van der Waals surface area contributed by atoms with Gasteiger partial charge in [0.2, 0.25) is 0 Å². The predicted molar refractivity (Wildman–Crippen MR) is 75.8 cm³/mol. The van der Waals surface area contributed by atoms with Gasteiger partial charge in [-0.3, -0.25) is 9.59 Å². The van der Waals surface area contributed by atoms with Gasteiger partial charge in [0.05, 0.1) is 5.92 Å². The maximum Gasteiger partial charge on any atom is 0.307 e. The molecule has 1 aromatic rings. The van der Waals surface area contributed by atoms with E-state index in [1.54, 1.807) is 0 Å². The average Bonchev–Trinajstić information content (AvgIpc) is 3.09. The fourth-order valence-corrected chi connectivity index (χ4v) is 3.42. The maximum absolute atomic E-state index is 12.4. The number of nitrogens with zero attached hydrogens (tertiary/aromatic N) is 1. The molecule has 2 unspecified atom stereocenters. The molecule has 2 N–H and O–H groups in total. The van der Waals surface area contributed by atoms with Crippen LogP contribution in [0, 0.1) is 5.92 Å². The molecule has 1 saturated carbocycles. The predicted octanol–water partition coefficient (Wildman–Crippen LogP) is 1.54. The molecule has 110 valence electrons. The van der Waals surface area contributed by atoms with Crippen molar-refractivity contribution in [2.75, 3.05) is 6.54 Å². The van der Waals surface area contributed by atoms with Gasteiger partial charge in [-0.25, -0.2) is 0 Å². The highest BCUT2D eigenvalue weighted by Gasteiger charge is 2.39. The van der Waals surface area contributed by atoms with Crippen molar-refractivity contribution in [3.8, 4) is 0 Å². The summed E-state index contributed by atoms with van der Waals surface area (Å²) in [5, 5.41) is 12.3. The average molecular weight is 286 g/mol. The Hall–Kier alpha value is -1.88. The van der Waals surface area contributed by atoms with Gasteiger partial charge in [-0.05, 0) is 36.5 Å². The molecule has 1 aromatic carbocycles. The molecule has 0 aromatic heterocycles. The summed E-state index contributed by atoms with van der Waals surface area (Å²) in [6, 6.07) is 6.50. The molecular weight excluding hydrogens is 268 g/mol. The lowest BCUT2D eigenvalue weighted by molar-refractivity contribution is -0.141. The quantitative estimate of drug-likeness (QED) is 0.884. The van der Waals surface area contributed by atoms with Crippen LogP contribution in [-0.4, -0.2) is 34.5 Å². The lowest BCUT2D eigenvalue weighted by atomic mass is 9.97. The van der Waals surface area contributed by atoms with Crippen molar-refractivity contribution >= 4 is 11.9 Å². The van der Waals surface area contributed by atoms with Gasteiger partial charge in [0.15, 0.2) is 0 Å². The fourth-order valence-electron chi connectivity index (χ4n) is 3.42. The number of carbonyl (C=O) groups excluding carboxylic acids is 1. The van der Waals surface area contributed by atoms with Gasteiger partial charge in [-0.1, -0.05) is 12.1 Å². The summed E-state index contributed by atoms with van der Waals surface area (Å²) < 4.78 is 0. The summed E-state index contributed by atoms with van der Waals surface area (Å²) in [4.78, 5) is 25.4. The number of amides is 1. The molecule has 2 heterocycles. The van der Waals surface area contributed by atoms with E-state index in [-0.39, 0.29) is 17.9 Å². The Morgan fingerprint density at radius 1 is 1.33 bits per heavy atom. The van der Waals surface area contributed by atoms with Crippen LogP contribution in [-0.2, 0) is 11.3 Å². The second-order valence-corrected chi connectivity index (χ2v) is 6.31. The summed E-state index contributed by atoms with van der Waals surface area (Å²) >= 11 is 0. The van der Waals surface area contributed by atoms with Gasteiger partial charge in [-0.15, -0.1) is 0 Å². The lowest BCUT2D eigenvalue weighted by Gasteiger charge is -2.13. The van der Waals surface area contributed by atoms with Crippen molar-refractivity contribution in [3.63, 3.8) is 0 Å². The van der Waals surface area contributed by atoms with Gasteiger partial charge in [0.1, 0.15) is 0 Å². The highest BCUT2D eigenvalue weighted by molar-refractivity contribution is 5.99. The van der Waals surface area contributed by atoms with Gasteiger partial charge in [0.25, 0.3) is 5.91 Å². The van der Waals surface area contributed by atoms with Crippen molar-refractivity contribution in [3.05, 3.63) is 34.9 Å². The lowest BCUT2D eigenvalue weighted by Crippen LogP contribution is -2.25. The zero-order chi connectivity index (χ0) is 14.6. The monoisotopic (exact) mass is 286 g/mol. The molecule has 2 atom stereocenters. The zero-order valence-electron chi connectivity index (χ0n) is 11.7. The van der Waals surface area contributed by atoms with E-state index < -0.39 is 5.97 Å². The summed E-state index contributed by atoms with van der Waals surface area (Å²) in [6.45, 7) is 1.23. The Morgan fingerprint density at radius 2 is 2.14 bits per heavy atom. The number of benzene rings is 1. The number of nitrogens with one attached hydrogen (secondary N) is 1. The number of rotatable bonds is 3. The number of carbonyl (C=O) groups is 2. The summed E-state index contributed by atoms with van der Waals surface area (Å²) in [5.74, 6) is -0.939. The van der Waals surface area contributed by atoms with E-state index in [4.69, 9.17) is 5.11 Å². The smallest absolute Gasteiger partial charge is 0.307 e. The topological polar surface area (TPSA) is 69.6 Å². The summed E-state index contributed by atoms with van der Waals surface area (Å²) in [7, 11) is 0. The van der Waals surface area contributed by atoms with Crippen molar-refractivity contribution in [1.29, 1.82) is 0 Å². The van der Waals surface area contributed by atoms with Crippen LogP contribution < -0.4 is 5.32 Å². The SMILES string of the molecule is O=C(O)C1CNC(c2ccc3c(c2)C(=O)N(C2CC2)C3)C1. The van der Waals surface area contributed by atoms with Crippen LogP contribution in [0.25, 0.3) is 0 Å². The molecule has 2 aliphatic heterocycles. The van der Waals surface area contributed by atoms with Gasteiger partial charge in [-0.2, -0.15) is 0 Å². The van der Waals surface area contributed by atoms with E-state index in [1.807, 2.05) is 23.1 Å². The largest absolute Gasteiger partial charge is 0.481 e. The number of carboxylic acids is 1. The molecule has 21 heavy (non-hydrogen) atoms. The van der Waals surface area contributed by atoms with Crippen LogP contribution in [0.3, 0.4) is 0 Å². The zero-order valence-corrected chi connectivity index (χ0v) is 11.7. The van der Waals surface area contributed by atoms with Gasteiger partial charge in [0, 0.05) is 30.7 Å². The molecule has 1 aliphatic carbocycles. The minimum absolute atomic E-state index is 0.0409. The number of aliphatic carboxylic acids is 1. The molecule has 1 amide bonds. The first-order valence-corrected chi connectivity index (χ1v) is 7.53. The van der Waals surface area contributed by atoms with Crippen LogP contribution in [0.4, 0.5) is 0 Å². The van der Waals surface area contributed by atoms with Gasteiger partial charge < -0.3 is 15.3 Å². The Morgan fingerprint density at radius 3 is 2.81 bits per heavy atom. The molecule has 4 rings (SSSR count). The number of carboxylic acid groups (broad SMARTS) is 1. The Labute approximate surface area is 122 Å². The molecule has 0 radical (unpaired) electrons. The fraction of sp³-hybridized carbons (Fsp3) is 0.500. The molecular formula is C16H18N2O3. The Balaban J connectivity index is 1.57. The molecule has 1 saturated heterocycles. The van der Waals surface area contributed by atoms with E-state index >= 15 is 0 Å². The normalized spacial score (nSPS) is 28.0. The highest BCUT2D eigenvalue weighted by atomic mass is 16.4. The first kappa shape index (κ1) is 12.8. The third-order valence-electron chi connectivity index (χ3n) is 4.84. The van der Waals surface area contributed by atoms with Crippen LogP contribution in [0.2, 0.25) is 0 Å². The Bertz CT molecular complexity index is 624. The molecule has 5 heteroatoms. The van der Waals surface area contributed by atoms with E-state index in [2.05, 4.69) is 5.32 Å². The van der Waals surface area contributed by atoms with Crippen molar-refractivity contribution in [2.24, 2.45) is 5.92 Å². The molecule has 3 aliphatic rings. The number of hydrogen-bond acceptors (Lipinski definition) is 3. The van der Waals surface area contributed by atoms with Crippen LogP contribution in [0.1, 0.15) is 46.8 Å². The molecule has 0 spiro atoms. The van der Waals surface area contributed by atoms with Gasteiger partial charge >= 0.3 is 5.97 Å². The minimum Gasteiger partial charge on any atom is -0.481 e. The van der Waals surface area contributed by atoms with Crippen LogP contribution in [0.5, 0.6) is 0 Å². The number of fused-ring (bicyclic) bond motifs is 1. The van der Waals surface area contributed by atoms with E-state index in [1.165, 1.54) is 0 Å². The first-order chi connectivity index (χ1) is 10.1. The van der Waals surface area contributed by atoms with E-state index in [0.717, 1.165) is 36.1 Å². The minimum atomic E-state index is -0.748. The van der Waals surface area contributed by atoms with E-state index in [0.29, 0.717) is 19.0 Å². The summed E-state index contributed by atoms with van der Waals surface area (Å²) in [5.41, 5.74) is 2.94. The second kappa shape index (κ2) is 4.56. The highest BCUT2D eigenvalue weighted by Crippen LogP contribution is 2.36. The molecule has 2 fully saturated rings.